The van der Waals surface area contributed by atoms with Gasteiger partial charge in [-0.05, 0) is 23.6 Å². The number of aromatic nitrogens is 1. The van der Waals surface area contributed by atoms with Crippen LogP contribution in [0.1, 0.15) is 5.69 Å². The molecule has 0 unspecified atom stereocenters. The Morgan fingerprint density at radius 1 is 1.33 bits per heavy atom. The maximum Gasteiger partial charge on any atom is 0.0467 e. The van der Waals surface area contributed by atoms with Crippen molar-refractivity contribution in [2.45, 2.75) is 6.54 Å². The van der Waals surface area contributed by atoms with Crippen LogP contribution in [0.25, 0.3) is 10.9 Å². The van der Waals surface area contributed by atoms with E-state index in [9.17, 15) is 0 Å². The Morgan fingerprint density at radius 2 is 2.17 bits per heavy atom. The summed E-state index contributed by atoms with van der Waals surface area (Å²) < 4.78 is 1.08. The van der Waals surface area contributed by atoms with E-state index < -0.39 is 0 Å². The minimum atomic E-state index is 0.562. The summed E-state index contributed by atoms with van der Waals surface area (Å²) in [7, 11) is 0. The summed E-state index contributed by atoms with van der Waals surface area (Å²) in [5.74, 6) is 0. The molecule has 1 aromatic heterocycles. The zero-order valence-corrected chi connectivity index (χ0v) is 8.06. The third kappa shape index (κ3) is 1.26. The Balaban J connectivity index is 2.67. The smallest absolute Gasteiger partial charge is 0.0467 e. The lowest BCUT2D eigenvalue weighted by Crippen LogP contribution is -1.94. The van der Waals surface area contributed by atoms with Crippen LogP contribution in [0.3, 0.4) is 0 Å². The molecule has 0 aliphatic carbocycles. The molecule has 0 aliphatic rings. The number of nitrogens with two attached hydrogens (primary N) is 1. The Morgan fingerprint density at radius 3 is 2.92 bits per heavy atom. The van der Waals surface area contributed by atoms with E-state index in [1.54, 1.807) is 0 Å². The first-order valence-electron chi connectivity index (χ1n) is 3.77. The van der Waals surface area contributed by atoms with Gasteiger partial charge in [-0.15, -0.1) is 0 Å². The van der Waals surface area contributed by atoms with E-state index in [1.165, 1.54) is 5.39 Å². The lowest BCUT2D eigenvalue weighted by atomic mass is 10.2. The number of fused-ring (bicyclic) bond motifs is 1. The predicted molar refractivity (Wildman–Crippen MR) is 53.9 cm³/mol. The van der Waals surface area contributed by atoms with Crippen molar-refractivity contribution < 1.29 is 0 Å². The number of nitrogens with one attached hydrogen (secondary N) is 1. The average Bonchev–Trinajstić information content (AvgIpc) is 2.46. The van der Waals surface area contributed by atoms with Crippen LogP contribution in [0.4, 0.5) is 0 Å². The van der Waals surface area contributed by atoms with Gasteiger partial charge in [0.15, 0.2) is 0 Å². The van der Waals surface area contributed by atoms with E-state index in [0.717, 1.165) is 15.7 Å². The normalized spacial score (nSPS) is 10.8. The lowest BCUT2D eigenvalue weighted by molar-refractivity contribution is 1.02. The van der Waals surface area contributed by atoms with Crippen molar-refractivity contribution in [3.8, 4) is 0 Å². The molecular formula is C9H9BrN2. The molecule has 1 heterocycles. The number of aromatic amines is 1. The molecule has 0 amide bonds. The van der Waals surface area contributed by atoms with E-state index in [4.69, 9.17) is 5.73 Å². The van der Waals surface area contributed by atoms with Gasteiger partial charge in [0.25, 0.3) is 0 Å². The average molecular weight is 225 g/mol. The maximum absolute atomic E-state index is 5.51. The van der Waals surface area contributed by atoms with E-state index in [0.29, 0.717) is 6.54 Å². The molecule has 62 valence electrons. The molecule has 2 aromatic rings. The van der Waals surface area contributed by atoms with Crippen LogP contribution in [0.2, 0.25) is 0 Å². The fraction of sp³-hybridized carbons (Fsp3) is 0.111. The van der Waals surface area contributed by atoms with Crippen LogP contribution in [-0.4, -0.2) is 4.98 Å². The Hall–Kier alpha value is -0.800. The molecule has 0 saturated heterocycles. The van der Waals surface area contributed by atoms with Crippen LogP contribution in [0, 0.1) is 0 Å². The van der Waals surface area contributed by atoms with E-state index in [-0.39, 0.29) is 0 Å². The van der Waals surface area contributed by atoms with Crippen LogP contribution >= 0.6 is 15.9 Å². The summed E-state index contributed by atoms with van der Waals surface area (Å²) in [6.45, 7) is 0.562. The largest absolute Gasteiger partial charge is 0.357 e. The van der Waals surface area contributed by atoms with Gasteiger partial charge in [0.1, 0.15) is 0 Å². The molecule has 0 bridgehead atoms. The SMILES string of the molecule is NCc1cc2ccc(Br)cc2[nH]1. The highest BCUT2D eigenvalue weighted by Crippen LogP contribution is 2.19. The molecule has 1 aromatic carbocycles. The second-order valence-corrected chi connectivity index (χ2v) is 3.65. The first-order chi connectivity index (χ1) is 5.79. The van der Waals surface area contributed by atoms with Gasteiger partial charge in [-0.3, -0.25) is 0 Å². The number of H-pyrrole nitrogens is 1. The van der Waals surface area contributed by atoms with E-state index >= 15 is 0 Å². The molecule has 0 atom stereocenters. The highest BCUT2D eigenvalue weighted by atomic mass is 79.9. The second-order valence-electron chi connectivity index (χ2n) is 2.73. The minimum absolute atomic E-state index is 0.562. The van der Waals surface area contributed by atoms with Crippen LogP contribution in [-0.2, 0) is 6.54 Å². The van der Waals surface area contributed by atoms with E-state index in [1.807, 2.05) is 6.07 Å². The van der Waals surface area contributed by atoms with Crippen molar-refractivity contribution in [3.05, 3.63) is 34.4 Å². The first-order valence-corrected chi connectivity index (χ1v) is 4.56. The topological polar surface area (TPSA) is 41.8 Å². The van der Waals surface area contributed by atoms with Gasteiger partial charge in [0, 0.05) is 22.2 Å². The summed E-state index contributed by atoms with van der Waals surface area (Å²) in [5, 5.41) is 1.21. The number of rotatable bonds is 1. The molecule has 3 heteroatoms. The zero-order chi connectivity index (χ0) is 8.55. The molecule has 0 radical (unpaired) electrons. The second kappa shape index (κ2) is 2.92. The molecule has 0 saturated carbocycles. The summed E-state index contributed by atoms with van der Waals surface area (Å²) in [5.41, 5.74) is 7.71. The molecule has 2 rings (SSSR count). The van der Waals surface area contributed by atoms with Crippen molar-refractivity contribution in [2.24, 2.45) is 5.73 Å². The number of hydrogen-bond acceptors (Lipinski definition) is 1. The van der Waals surface area contributed by atoms with Gasteiger partial charge >= 0.3 is 0 Å². The van der Waals surface area contributed by atoms with Gasteiger partial charge < -0.3 is 10.7 Å². The third-order valence-corrected chi connectivity index (χ3v) is 2.35. The summed E-state index contributed by atoms with van der Waals surface area (Å²) in [4.78, 5) is 3.23. The fourth-order valence-electron chi connectivity index (χ4n) is 1.27. The predicted octanol–water partition coefficient (Wildman–Crippen LogP) is 2.39. The summed E-state index contributed by atoms with van der Waals surface area (Å²) >= 11 is 3.41. The van der Waals surface area contributed by atoms with Crippen molar-refractivity contribution in [1.82, 2.24) is 4.98 Å². The summed E-state index contributed by atoms with van der Waals surface area (Å²) in [6.07, 6.45) is 0. The summed E-state index contributed by atoms with van der Waals surface area (Å²) in [6, 6.07) is 8.21. The third-order valence-electron chi connectivity index (χ3n) is 1.86. The lowest BCUT2D eigenvalue weighted by Gasteiger charge is -1.89. The van der Waals surface area contributed by atoms with E-state index in [2.05, 4.69) is 39.1 Å². The number of halogens is 1. The van der Waals surface area contributed by atoms with Gasteiger partial charge in [-0.2, -0.15) is 0 Å². The van der Waals surface area contributed by atoms with Gasteiger partial charge in [-0.1, -0.05) is 22.0 Å². The Labute approximate surface area is 78.9 Å². The van der Waals surface area contributed by atoms with Gasteiger partial charge in [0.05, 0.1) is 0 Å². The standard InChI is InChI=1S/C9H9BrN2/c10-7-2-1-6-3-8(5-11)12-9(6)4-7/h1-4,12H,5,11H2. The monoisotopic (exact) mass is 224 g/mol. The molecule has 3 N–H and O–H groups in total. The molecule has 0 aliphatic heterocycles. The van der Waals surface area contributed by atoms with Crippen molar-refractivity contribution in [3.63, 3.8) is 0 Å². The molecule has 0 fully saturated rings. The highest BCUT2D eigenvalue weighted by molar-refractivity contribution is 9.10. The first kappa shape index (κ1) is 7.83. The minimum Gasteiger partial charge on any atom is -0.357 e. The van der Waals surface area contributed by atoms with Crippen molar-refractivity contribution in [2.75, 3.05) is 0 Å². The van der Waals surface area contributed by atoms with Crippen LogP contribution < -0.4 is 5.73 Å². The quantitative estimate of drug-likeness (QED) is 0.768. The molecular weight excluding hydrogens is 216 g/mol. The Kier molecular flexibility index (Phi) is 1.90. The van der Waals surface area contributed by atoms with Gasteiger partial charge in [-0.25, -0.2) is 0 Å². The number of hydrogen-bond donors (Lipinski definition) is 2. The molecule has 2 nitrogen and oxygen atoms in total. The zero-order valence-electron chi connectivity index (χ0n) is 6.47. The maximum atomic E-state index is 5.51. The van der Waals surface area contributed by atoms with Crippen molar-refractivity contribution >= 4 is 26.8 Å². The Bertz CT molecular complexity index is 406. The molecule has 0 spiro atoms. The molecule has 12 heavy (non-hydrogen) atoms. The highest BCUT2D eigenvalue weighted by Gasteiger charge is 1.98. The van der Waals surface area contributed by atoms with Gasteiger partial charge in [0.2, 0.25) is 0 Å². The van der Waals surface area contributed by atoms with Crippen LogP contribution in [0.15, 0.2) is 28.7 Å². The fourth-order valence-corrected chi connectivity index (χ4v) is 1.63. The van der Waals surface area contributed by atoms with Crippen molar-refractivity contribution in [1.29, 1.82) is 0 Å². The van der Waals surface area contributed by atoms with Crippen LogP contribution in [0.5, 0.6) is 0 Å². The number of benzene rings is 1.